The Kier molecular flexibility index (Phi) is 5.51. The van der Waals surface area contributed by atoms with E-state index in [2.05, 4.69) is 10.5 Å². The van der Waals surface area contributed by atoms with Crippen LogP contribution >= 0.6 is 0 Å². The Balaban J connectivity index is 2.10. The lowest BCUT2D eigenvalue weighted by Gasteiger charge is -2.08. The Labute approximate surface area is 142 Å². The molecular formula is C16H15N3O6. The van der Waals surface area contributed by atoms with Gasteiger partial charge in [0.15, 0.2) is 17.2 Å². The molecule has 9 nitrogen and oxygen atoms in total. The first-order valence-electron chi connectivity index (χ1n) is 6.99. The molecule has 2 N–H and O–H groups in total. The van der Waals surface area contributed by atoms with Crippen LogP contribution in [0.25, 0.3) is 0 Å². The van der Waals surface area contributed by atoms with Gasteiger partial charge in [-0.3, -0.25) is 14.9 Å². The predicted octanol–water partition coefficient (Wildman–Crippen LogP) is 2.08. The highest BCUT2D eigenvalue weighted by molar-refractivity contribution is 5.95. The molecule has 2 rings (SSSR count). The third-order valence-electron chi connectivity index (χ3n) is 3.22. The number of nitrogens with one attached hydrogen (secondary N) is 1. The number of rotatable bonds is 6. The second kappa shape index (κ2) is 7.77. The van der Waals surface area contributed by atoms with E-state index in [-0.39, 0.29) is 0 Å². The van der Waals surface area contributed by atoms with Crippen molar-refractivity contribution >= 4 is 17.8 Å². The highest BCUT2D eigenvalue weighted by Crippen LogP contribution is 2.27. The van der Waals surface area contributed by atoms with Crippen molar-refractivity contribution in [2.45, 2.75) is 0 Å². The van der Waals surface area contributed by atoms with Gasteiger partial charge >= 0.3 is 5.69 Å². The van der Waals surface area contributed by atoms with Gasteiger partial charge in [-0.2, -0.15) is 5.10 Å². The molecule has 25 heavy (non-hydrogen) atoms. The number of hydrogen-bond acceptors (Lipinski definition) is 7. The Morgan fingerprint density at radius 1 is 1.20 bits per heavy atom. The van der Waals surface area contributed by atoms with Crippen LogP contribution in [0.3, 0.4) is 0 Å². The topological polar surface area (TPSA) is 123 Å². The van der Waals surface area contributed by atoms with Crippen molar-refractivity contribution in [2.24, 2.45) is 5.10 Å². The Morgan fingerprint density at radius 3 is 2.56 bits per heavy atom. The molecule has 0 aromatic heterocycles. The molecule has 0 saturated heterocycles. The van der Waals surface area contributed by atoms with Gasteiger partial charge in [-0.05, 0) is 30.3 Å². The molecule has 2 aromatic rings. The van der Waals surface area contributed by atoms with Crippen LogP contribution in [0.5, 0.6) is 17.2 Å². The molecule has 1 amide bonds. The summed E-state index contributed by atoms with van der Waals surface area (Å²) in [5.41, 5.74) is 2.49. The number of carbonyl (C=O) groups is 1. The van der Waals surface area contributed by atoms with E-state index in [1.54, 1.807) is 6.07 Å². The summed E-state index contributed by atoms with van der Waals surface area (Å²) in [5.74, 6) is -0.0609. The number of nitro groups is 1. The summed E-state index contributed by atoms with van der Waals surface area (Å²) >= 11 is 0. The smallest absolute Gasteiger partial charge is 0.311 e. The average molecular weight is 345 g/mol. The number of benzene rings is 2. The minimum absolute atomic E-state index is 0.298. The third-order valence-corrected chi connectivity index (χ3v) is 3.22. The molecule has 0 aliphatic heterocycles. The highest BCUT2D eigenvalue weighted by Gasteiger charge is 2.13. The minimum Gasteiger partial charge on any atom is -0.502 e. The molecule has 9 heteroatoms. The molecule has 0 unspecified atom stereocenters. The zero-order chi connectivity index (χ0) is 18.4. The summed E-state index contributed by atoms with van der Waals surface area (Å²) in [6.45, 7) is 0. The first-order valence-corrected chi connectivity index (χ1v) is 6.99. The molecule has 0 spiro atoms. The maximum atomic E-state index is 12.1. The number of phenolic OH excluding ortho intramolecular Hbond substituents is 1. The minimum atomic E-state index is -0.713. The number of aromatic hydroxyl groups is 1. The van der Waals surface area contributed by atoms with Crippen LogP contribution in [0.2, 0.25) is 0 Å². The largest absolute Gasteiger partial charge is 0.502 e. The van der Waals surface area contributed by atoms with Gasteiger partial charge in [0.2, 0.25) is 0 Å². The second-order valence-electron chi connectivity index (χ2n) is 4.77. The summed E-state index contributed by atoms with van der Waals surface area (Å²) in [4.78, 5) is 22.1. The lowest BCUT2D eigenvalue weighted by Crippen LogP contribution is -2.17. The first-order chi connectivity index (χ1) is 12.0. The fourth-order valence-electron chi connectivity index (χ4n) is 1.97. The number of methoxy groups -OCH3 is 2. The number of ether oxygens (including phenoxy) is 2. The normalized spacial score (nSPS) is 10.5. The Morgan fingerprint density at radius 2 is 1.92 bits per heavy atom. The standard InChI is InChI=1S/C16H15N3O6/c1-24-14-6-4-11(8-15(14)25-2)16(21)18-17-9-10-3-5-13(20)12(7-10)19(22)23/h3-9,20H,1-2H3,(H,18,21)/b17-9-. The average Bonchev–Trinajstić information content (AvgIpc) is 2.62. The molecule has 0 aliphatic carbocycles. The van der Waals surface area contributed by atoms with Gasteiger partial charge in [0.05, 0.1) is 25.4 Å². The van der Waals surface area contributed by atoms with E-state index in [4.69, 9.17) is 9.47 Å². The summed E-state index contributed by atoms with van der Waals surface area (Å²) in [6, 6.07) is 8.36. The van der Waals surface area contributed by atoms with Gasteiger partial charge in [0.25, 0.3) is 5.91 Å². The summed E-state index contributed by atoms with van der Waals surface area (Å²) in [5, 5.41) is 23.9. The van der Waals surface area contributed by atoms with E-state index in [9.17, 15) is 20.0 Å². The molecule has 0 bridgehead atoms. The number of amides is 1. The second-order valence-corrected chi connectivity index (χ2v) is 4.77. The molecule has 0 saturated carbocycles. The van der Waals surface area contributed by atoms with E-state index >= 15 is 0 Å². The van der Waals surface area contributed by atoms with Crippen LogP contribution in [0.4, 0.5) is 5.69 Å². The van der Waals surface area contributed by atoms with E-state index in [0.29, 0.717) is 22.6 Å². The van der Waals surface area contributed by atoms with Gasteiger partial charge in [-0.15, -0.1) is 0 Å². The Bertz CT molecular complexity index is 835. The van der Waals surface area contributed by atoms with Gasteiger partial charge in [-0.25, -0.2) is 5.43 Å². The molecule has 2 aromatic carbocycles. The van der Waals surface area contributed by atoms with Crippen LogP contribution in [0, 0.1) is 10.1 Å². The van der Waals surface area contributed by atoms with Crippen molar-refractivity contribution < 1.29 is 24.3 Å². The number of hydrazone groups is 1. The summed E-state index contributed by atoms with van der Waals surface area (Å²) in [6.07, 6.45) is 1.23. The molecule has 130 valence electrons. The van der Waals surface area contributed by atoms with E-state index in [1.165, 1.54) is 44.7 Å². The number of hydrogen-bond donors (Lipinski definition) is 2. The molecule has 0 fully saturated rings. The van der Waals surface area contributed by atoms with Crippen LogP contribution in [0.1, 0.15) is 15.9 Å². The number of nitro benzene ring substituents is 1. The molecular weight excluding hydrogens is 330 g/mol. The lowest BCUT2D eigenvalue weighted by atomic mass is 10.2. The highest BCUT2D eigenvalue weighted by atomic mass is 16.6. The molecule has 0 radical (unpaired) electrons. The predicted molar refractivity (Wildman–Crippen MR) is 89.4 cm³/mol. The van der Waals surface area contributed by atoms with E-state index < -0.39 is 22.3 Å². The van der Waals surface area contributed by atoms with E-state index in [1.807, 2.05) is 0 Å². The number of carbonyl (C=O) groups excluding carboxylic acids is 1. The van der Waals surface area contributed by atoms with Crippen molar-refractivity contribution in [1.82, 2.24) is 5.43 Å². The van der Waals surface area contributed by atoms with Crippen LogP contribution in [-0.2, 0) is 0 Å². The maximum Gasteiger partial charge on any atom is 0.311 e. The first kappa shape index (κ1) is 17.7. The quantitative estimate of drug-likeness (QED) is 0.469. The Hall–Kier alpha value is -3.62. The van der Waals surface area contributed by atoms with Gasteiger partial charge in [-0.1, -0.05) is 0 Å². The third kappa shape index (κ3) is 4.22. The fourth-order valence-corrected chi connectivity index (χ4v) is 1.97. The van der Waals surface area contributed by atoms with Crippen molar-refractivity contribution in [3.63, 3.8) is 0 Å². The lowest BCUT2D eigenvalue weighted by molar-refractivity contribution is -0.385. The van der Waals surface area contributed by atoms with Crippen molar-refractivity contribution in [1.29, 1.82) is 0 Å². The molecule has 0 atom stereocenters. The van der Waals surface area contributed by atoms with Crippen LogP contribution in [0.15, 0.2) is 41.5 Å². The van der Waals surface area contributed by atoms with E-state index in [0.717, 1.165) is 6.07 Å². The van der Waals surface area contributed by atoms with Crippen molar-refractivity contribution in [3.8, 4) is 17.2 Å². The SMILES string of the molecule is COc1ccc(C(=O)N/N=C\c2ccc(O)c([N+](=O)[O-])c2)cc1OC. The maximum absolute atomic E-state index is 12.1. The number of phenols is 1. The summed E-state index contributed by atoms with van der Waals surface area (Å²) < 4.78 is 10.2. The monoisotopic (exact) mass is 345 g/mol. The van der Waals surface area contributed by atoms with Gasteiger partial charge in [0.1, 0.15) is 0 Å². The van der Waals surface area contributed by atoms with Gasteiger partial charge in [0, 0.05) is 17.2 Å². The zero-order valence-electron chi connectivity index (χ0n) is 13.4. The fraction of sp³-hybridized carbons (Fsp3) is 0.125. The summed E-state index contributed by atoms with van der Waals surface area (Å²) in [7, 11) is 2.94. The van der Waals surface area contributed by atoms with Crippen molar-refractivity contribution in [2.75, 3.05) is 14.2 Å². The van der Waals surface area contributed by atoms with Crippen LogP contribution < -0.4 is 14.9 Å². The molecule has 0 aliphatic rings. The zero-order valence-corrected chi connectivity index (χ0v) is 13.4. The van der Waals surface area contributed by atoms with Crippen molar-refractivity contribution in [3.05, 3.63) is 57.6 Å². The van der Waals surface area contributed by atoms with Gasteiger partial charge < -0.3 is 14.6 Å². The van der Waals surface area contributed by atoms with Crippen LogP contribution in [-0.4, -0.2) is 36.4 Å². The molecule has 0 heterocycles. The number of nitrogens with zero attached hydrogens (tertiary/aromatic N) is 2.